The number of ether oxygens (including phenoxy) is 2. The molecule has 14 heteroatoms. The fourth-order valence-electron chi connectivity index (χ4n) is 4.62. The molecule has 0 unspecified atom stereocenters. The van der Waals surface area contributed by atoms with E-state index in [2.05, 4.69) is 10.3 Å². The molecule has 188 valence electrons. The number of hydrogen-bond acceptors (Lipinski definition) is 10. The van der Waals surface area contributed by atoms with E-state index in [1.165, 1.54) is 11.1 Å². The van der Waals surface area contributed by atoms with E-state index in [4.69, 9.17) is 9.47 Å². The first-order valence-corrected chi connectivity index (χ1v) is 10.9. The molecule has 3 saturated heterocycles. The molecule has 7 atom stereocenters. The van der Waals surface area contributed by atoms with Gasteiger partial charge in [-0.05, 0) is 13.3 Å². The number of aromatic nitrogens is 2. The number of imide groups is 1. The molecule has 14 nitrogen and oxygen atoms in total. The van der Waals surface area contributed by atoms with Crippen LogP contribution in [0.15, 0.2) is 15.8 Å². The second-order valence-corrected chi connectivity index (χ2v) is 9.18. The van der Waals surface area contributed by atoms with E-state index in [0.29, 0.717) is 0 Å². The van der Waals surface area contributed by atoms with Crippen molar-refractivity contribution < 1.29 is 39.5 Å². The summed E-state index contributed by atoms with van der Waals surface area (Å²) in [6, 6.07) is -0.722. The lowest BCUT2D eigenvalue weighted by molar-refractivity contribution is -0.136. The number of aliphatic hydroxyl groups excluding tert-OH is 4. The number of rotatable bonds is 6. The summed E-state index contributed by atoms with van der Waals surface area (Å²) in [5.74, 6) is -0.629. The lowest BCUT2D eigenvalue weighted by atomic mass is 9.81. The van der Waals surface area contributed by atoms with Gasteiger partial charge in [-0.25, -0.2) is 9.59 Å². The van der Waals surface area contributed by atoms with E-state index in [1.807, 2.05) is 0 Å². The molecule has 34 heavy (non-hydrogen) atoms. The third-order valence-electron chi connectivity index (χ3n) is 6.60. The zero-order valence-electron chi connectivity index (χ0n) is 18.4. The highest BCUT2D eigenvalue weighted by atomic mass is 16.5. The third kappa shape index (κ3) is 4.39. The Morgan fingerprint density at radius 2 is 1.62 bits per heavy atom. The zero-order chi connectivity index (χ0) is 24.8. The molecule has 6 N–H and O–H groups in total. The van der Waals surface area contributed by atoms with Crippen molar-refractivity contribution in [3.8, 4) is 0 Å². The molecular weight excluding hydrogens is 456 g/mol. The summed E-state index contributed by atoms with van der Waals surface area (Å²) >= 11 is 0. The maximum Gasteiger partial charge on any atom is 0.330 e. The summed E-state index contributed by atoms with van der Waals surface area (Å²) in [4.78, 5) is 53.5. The van der Waals surface area contributed by atoms with E-state index in [-0.39, 0.29) is 31.4 Å². The first-order valence-electron chi connectivity index (χ1n) is 10.9. The Bertz CT molecular complexity index is 1070. The van der Waals surface area contributed by atoms with Crippen molar-refractivity contribution in [1.82, 2.24) is 19.8 Å². The van der Waals surface area contributed by atoms with Crippen LogP contribution in [0.2, 0.25) is 0 Å². The largest absolute Gasteiger partial charge is 0.394 e. The number of amides is 3. The minimum atomic E-state index is -1.29. The molecule has 3 fully saturated rings. The Labute approximate surface area is 192 Å². The van der Waals surface area contributed by atoms with Gasteiger partial charge in [0.05, 0.1) is 30.8 Å². The number of carbonyl (C=O) groups excluding carboxylic acids is 2. The van der Waals surface area contributed by atoms with Crippen LogP contribution in [0, 0.1) is 5.41 Å². The van der Waals surface area contributed by atoms with Crippen molar-refractivity contribution in [3.05, 3.63) is 32.6 Å². The monoisotopic (exact) mass is 484 g/mol. The average Bonchev–Trinajstić information content (AvgIpc) is 3.34. The molecule has 3 amide bonds. The minimum Gasteiger partial charge on any atom is -0.394 e. The molecular formula is C20H28N4O10. The maximum absolute atomic E-state index is 12.8. The van der Waals surface area contributed by atoms with Crippen LogP contribution < -0.4 is 16.6 Å². The number of nitrogens with zero attached hydrogens (tertiary/aromatic N) is 2. The summed E-state index contributed by atoms with van der Waals surface area (Å²) in [5, 5.41) is 40.8. The van der Waals surface area contributed by atoms with E-state index in [0.717, 1.165) is 4.57 Å². The number of H-pyrrole nitrogens is 1. The molecule has 3 aliphatic rings. The van der Waals surface area contributed by atoms with Crippen LogP contribution in [0.25, 0.3) is 0 Å². The van der Waals surface area contributed by atoms with Crippen molar-refractivity contribution in [2.45, 2.75) is 63.1 Å². The number of hydrogen-bond donors (Lipinski definition) is 6. The molecule has 0 radical (unpaired) electrons. The van der Waals surface area contributed by atoms with Gasteiger partial charge in [0, 0.05) is 31.1 Å². The fraction of sp³-hybridized carbons (Fsp3) is 0.700. The van der Waals surface area contributed by atoms with Gasteiger partial charge in [-0.2, -0.15) is 0 Å². The second-order valence-electron chi connectivity index (χ2n) is 9.18. The highest BCUT2D eigenvalue weighted by molar-refractivity contribution is 6.00. The second kappa shape index (κ2) is 9.20. The SMILES string of the molecule is C[C@]1(Cc2cn([C@H]3C[C@H](O)[C@@H](CO)O3)c(=O)[nH]c2=O)CN([C@H]2C[C@H](O)[C@@H](CO)O2)C(=O)NC1=O. The molecule has 1 aromatic heterocycles. The normalized spacial score (nSPS) is 36.2. The Morgan fingerprint density at radius 3 is 2.21 bits per heavy atom. The number of nitrogens with one attached hydrogen (secondary N) is 2. The molecule has 3 aliphatic heterocycles. The molecule has 4 heterocycles. The van der Waals surface area contributed by atoms with Crippen LogP contribution in [0.4, 0.5) is 4.79 Å². The number of aliphatic hydroxyl groups is 4. The van der Waals surface area contributed by atoms with Gasteiger partial charge in [0.25, 0.3) is 5.56 Å². The predicted molar refractivity (Wildman–Crippen MR) is 111 cm³/mol. The minimum absolute atomic E-state index is 0.0179. The first-order chi connectivity index (χ1) is 16.1. The fourth-order valence-corrected chi connectivity index (χ4v) is 4.62. The van der Waals surface area contributed by atoms with Crippen molar-refractivity contribution in [2.75, 3.05) is 19.8 Å². The van der Waals surface area contributed by atoms with Crippen LogP contribution in [-0.4, -0.2) is 97.2 Å². The lowest BCUT2D eigenvalue weighted by Crippen LogP contribution is -2.62. The summed E-state index contributed by atoms with van der Waals surface area (Å²) in [7, 11) is 0. The Hall–Kier alpha value is -2.62. The first kappa shape index (κ1) is 24.5. The predicted octanol–water partition coefficient (Wildman–Crippen LogP) is -3.25. The Balaban J connectivity index is 1.58. The highest BCUT2D eigenvalue weighted by Gasteiger charge is 2.48. The van der Waals surface area contributed by atoms with Gasteiger partial charge in [-0.3, -0.25) is 29.4 Å². The molecule has 0 bridgehead atoms. The van der Waals surface area contributed by atoms with Crippen molar-refractivity contribution >= 4 is 11.9 Å². The number of aromatic amines is 1. The molecule has 0 spiro atoms. The average molecular weight is 484 g/mol. The molecule has 0 saturated carbocycles. The summed E-state index contributed by atoms with van der Waals surface area (Å²) in [6.07, 6.45) is -4.38. The Kier molecular flexibility index (Phi) is 6.63. The van der Waals surface area contributed by atoms with Gasteiger partial charge in [0.15, 0.2) is 0 Å². The summed E-state index contributed by atoms with van der Waals surface area (Å²) in [5.41, 5.74) is -2.72. The van der Waals surface area contributed by atoms with Gasteiger partial charge >= 0.3 is 11.7 Å². The number of carbonyl (C=O) groups is 2. The van der Waals surface area contributed by atoms with Gasteiger partial charge in [-0.1, -0.05) is 0 Å². The third-order valence-corrected chi connectivity index (χ3v) is 6.60. The molecule has 0 aromatic carbocycles. The van der Waals surface area contributed by atoms with Crippen LogP contribution in [-0.2, 0) is 20.7 Å². The van der Waals surface area contributed by atoms with Gasteiger partial charge in [0.2, 0.25) is 5.91 Å². The zero-order valence-corrected chi connectivity index (χ0v) is 18.4. The van der Waals surface area contributed by atoms with Crippen LogP contribution in [0.5, 0.6) is 0 Å². The molecule has 0 aliphatic carbocycles. The van der Waals surface area contributed by atoms with Gasteiger partial charge in [-0.15, -0.1) is 0 Å². The lowest BCUT2D eigenvalue weighted by Gasteiger charge is -2.41. The molecule has 4 rings (SSSR count). The quantitative estimate of drug-likeness (QED) is 0.238. The smallest absolute Gasteiger partial charge is 0.330 e. The van der Waals surface area contributed by atoms with Crippen molar-refractivity contribution in [2.24, 2.45) is 5.41 Å². The van der Waals surface area contributed by atoms with E-state index in [9.17, 15) is 39.6 Å². The van der Waals surface area contributed by atoms with Crippen LogP contribution in [0.1, 0.15) is 31.6 Å². The summed E-state index contributed by atoms with van der Waals surface area (Å²) < 4.78 is 12.1. The summed E-state index contributed by atoms with van der Waals surface area (Å²) in [6.45, 7) is 0.523. The van der Waals surface area contributed by atoms with E-state index < -0.39 is 78.7 Å². The standard InChI is InChI=1S/C20H28N4O10/c1-20(8-24(19(32)22-17(20)30)15-3-11(28)13(7-26)34-15)4-9-5-23(18(31)21-16(9)29)14-2-10(27)12(6-25)33-14/h5,10-15,25-28H,2-4,6-8H2,1H3,(H,21,29,31)(H,22,30,32)/t10-,11-,12+,13+,14+,15+,20-/m0/s1. The van der Waals surface area contributed by atoms with Gasteiger partial charge in [0.1, 0.15) is 24.7 Å². The van der Waals surface area contributed by atoms with Crippen molar-refractivity contribution in [1.29, 1.82) is 0 Å². The van der Waals surface area contributed by atoms with Gasteiger partial charge < -0.3 is 29.9 Å². The van der Waals surface area contributed by atoms with Crippen LogP contribution in [0.3, 0.4) is 0 Å². The topological polar surface area (TPSA) is 204 Å². The Morgan fingerprint density at radius 1 is 1.03 bits per heavy atom. The maximum atomic E-state index is 12.8. The van der Waals surface area contributed by atoms with Crippen LogP contribution >= 0.6 is 0 Å². The van der Waals surface area contributed by atoms with E-state index in [1.54, 1.807) is 6.92 Å². The highest BCUT2D eigenvalue weighted by Crippen LogP contribution is 2.32. The van der Waals surface area contributed by atoms with E-state index >= 15 is 0 Å². The number of urea groups is 1. The van der Waals surface area contributed by atoms with Crippen molar-refractivity contribution in [3.63, 3.8) is 0 Å². The molecule has 1 aromatic rings.